The van der Waals surface area contributed by atoms with Gasteiger partial charge in [0.15, 0.2) is 0 Å². The van der Waals surface area contributed by atoms with Crippen molar-refractivity contribution in [1.82, 2.24) is 4.90 Å². The second-order valence-electron chi connectivity index (χ2n) is 5.71. The molecule has 0 bridgehead atoms. The Morgan fingerprint density at radius 1 is 1.35 bits per heavy atom. The summed E-state index contributed by atoms with van der Waals surface area (Å²) in [5.41, 5.74) is 0.443. The van der Waals surface area contributed by atoms with E-state index in [-0.39, 0.29) is 0 Å². The molecular formula is C16H21N3O. The molecule has 2 saturated heterocycles. The predicted molar refractivity (Wildman–Crippen MR) is 78.8 cm³/mol. The van der Waals surface area contributed by atoms with Crippen LogP contribution in [0, 0.1) is 11.3 Å². The molecule has 2 aliphatic heterocycles. The van der Waals surface area contributed by atoms with E-state index in [4.69, 9.17) is 4.74 Å². The zero-order valence-electron chi connectivity index (χ0n) is 11.9. The number of hydrogen-bond donors (Lipinski definition) is 1. The summed E-state index contributed by atoms with van der Waals surface area (Å²) in [5.74, 6) is 0.802. The molecule has 4 nitrogen and oxygen atoms in total. The van der Waals surface area contributed by atoms with E-state index >= 15 is 0 Å². The summed E-state index contributed by atoms with van der Waals surface area (Å²) < 4.78 is 5.40. The van der Waals surface area contributed by atoms with E-state index in [0.29, 0.717) is 6.04 Å². The van der Waals surface area contributed by atoms with E-state index in [1.165, 1.54) is 12.8 Å². The highest BCUT2D eigenvalue weighted by molar-refractivity contribution is 5.59. The Morgan fingerprint density at radius 2 is 2.20 bits per heavy atom. The van der Waals surface area contributed by atoms with Crippen LogP contribution in [0.1, 0.15) is 25.7 Å². The summed E-state index contributed by atoms with van der Waals surface area (Å²) in [5, 5.41) is 13.3. The molecule has 0 saturated carbocycles. The Balaban J connectivity index is 1.89. The fraction of sp³-hybridized carbons (Fsp3) is 0.562. The molecule has 1 aromatic carbocycles. The first-order chi connectivity index (χ1) is 9.79. The molecule has 2 unspecified atom stereocenters. The third-order valence-corrected chi connectivity index (χ3v) is 4.64. The molecule has 2 aliphatic rings. The second kappa shape index (κ2) is 5.34. The Bertz CT molecular complexity index is 525. The first-order valence-corrected chi connectivity index (χ1v) is 7.35. The topological polar surface area (TPSA) is 48.3 Å². The average Bonchev–Trinajstić information content (AvgIpc) is 2.87. The highest BCUT2D eigenvalue weighted by Crippen LogP contribution is 2.39. The number of nitrogens with one attached hydrogen (secondary N) is 1. The number of piperidine rings is 1. The number of anilines is 1. The molecule has 0 radical (unpaired) electrons. The summed E-state index contributed by atoms with van der Waals surface area (Å²) in [7, 11) is 1.67. The molecule has 106 valence electrons. The molecule has 4 heteroatoms. The van der Waals surface area contributed by atoms with Crippen LogP contribution in [0.2, 0.25) is 0 Å². The number of nitriles is 1. The summed E-state index contributed by atoms with van der Waals surface area (Å²) >= 11 is 0. The molecule has 1 aromatic rings. The van der Waals surface area contributed by atoms with Crippen LogP contribution in [0.15, 0.2) is 24.3 Å². The molecule has 1 N–H and O–H groups in total. The smallest absolute Gasteiger partial charge is 0.142 e. The monoisotopic (exact) mass is 271 g/mol. The fourth-order valence-electron chi connectivity index (χ4n) is 3.60. The lowest BCUT2D eigenvalue weighted by Gasteiger charge is -2.37. The first-order valence-electron chi connectivity index (χ1n) is 7.35. The van der Waals surface area contributed by atoms with Crippen LogP contribution in [0.3, 0.4) is 0 Å². The minimum atomic E-state index is -0.477. The van der Waals surface area contributed by atoms with Gasteiger partial charge >= 0.3 is 0 Å². The quantitative estimate of drug-likeness (QED) is 0.918. The highest BCUT2D eigenvalue weighted by atomic mass is 16.5. The zero-order chi connectivity index (χ0) is 14.0. The van der Waals surface area contributed by atoms with Crippen molar-refractivity contribution >= 4 is 5.69 Å². The van der Waals surface area contributed by atoms with Crippen LogP contribution < -0.4 is 10.1 Å². The standard InChI is InChI=1S/C16H21N3O/c1-20-14-7-3-2-6-13(14)18-16(12-17)9-11-19-10-5-4-8-15(16)19/h2-3,6-7,15,18H,4-5,8-11H2,1H3. The number of hydrogen-bond acceptors (Lipinski definition) is 4. The third-order valence-electron chi connectivity index (χ3n) is 4.64. The van der Waals surface area contributed by atoms with Crippen LogP contribution in [0.5, 0.6) is 5.75 Å². The van der Waals surface area contributed by atoms with Crippen molar-refractivity contribution in [3.05, 3.63) is 24.3 Å². The van der Waals surface area contributed by atoms with Gasteiger partial charge in [-0.15, -0.1) is 0 Å². The Morgan fingerprint density at radius 3 is 3.00 bits per heavy atom. The highest BCUT2D eigenvalue weighted by Gasteiger charge is 2.48. The van der Waals surface area contributed by atoms with Gasteiger partial charge in [0.05, 0.1) is 18.9 Å². The Kier molecular flexibility index (Phi) is 3.54. The number of rotatable bonds is 3. The van der Waals surface area contributed by atoms with Crippen molar-refractivity contribution in [2.24, 2.45) is 0 Å². The van der Waals surface area contributed by atoms with E-state index in [1.807, 2.05) is 24.3 Å². The fourth-order valence-corrected chi connectivity index (χ4v) is 3.60. The van der Waals surface area contributed by atoms with Gasteiger partial charge in [-0.05, 0) is 37.9 Å². The van der Waals surface area contributed by atoms with Gasteiger partial charge in [0.2, 0.25) is 0 Å². The van der Waals surface area contributed by atoms with Crippen molar-refractivity contribution < 1.29 is 4.74 Å². The van der Waals surface area contributed by atoms with Gasteiger partial charge in [0.1, 0.15) is 11.3 Å². The maximum Gasteiger partial charge on any atom is 0.142 e. The van der Waals surface area contributed by atoms with Crippen LogP contribution in [-0.4, -0.2) is 36.7 Å². The Labute approximate surface area is 120 Å². The van der Waals surface area contributed by atoms with Crippen LogP contribution >= 0.6 is 0 Å². The van der Waals surface area contributed by atoms with Gasteiger partial charge in [-0.1, -0.05) is 18.6 Å². The van der Waals surface area contributed by atoms with Crippen molar-refractivity contribution in [3.8, 4) is 11.8 Å². The molecule has 2 atom stereocenters. The summed E-state index contributed by atoms with van der Waals surface area (Å²) in [6, 6.07) is 10.7. The van der Waals surface area contributed by atoms with Crippen molar-refractivity contribution in [2.75, 3.05) is 25.5 Å². The minimum Gasteiger partial charge on any atom is -0.495 e. The number of para-hydroxylation sites is 2. The van der Waals surface area contributed by atoms with Crippen molar-refractivity contribution in [3.63, 3.8) is 0 Å². The van der Waals surface area contributed by atoms with Crippen LogP contribution in [0.25, 0.3) is 0 Å². The average molecular weight is 271 g/mol. The van der Waals surface area contributed by atoms with Gasteiger partial charge in [0, 0.05) is 12.6 Å². The molecule has 20 heavy (non-hydrogen) atoms. The molecule has 0 spiro atoms. The molecule has 0 amide bonds. The van der Waals surface area contributed by atoms with Crippen molar-refractivity contribution in [1.29, 1.82) is 5.26 Å². The lowest BCUT2D eigenvalue weighted by Crippen LogP contribution is -2.51. The maximum atomic E-state index is 9.80. The number of benzene rings is 1. The SMILES string of the molecule is COc1ccccc1NC1(C#N)CCN2CCCCC21. The van der Waals surface area contributed by atoms with Crippen LogP contribution in [0.4, 0.5) is 5.69 Å². The van der Waals surface area contributed by atoms with E-state index in [0.717, 1.165) is 37.4 Å². The summed E-state index contributed by atoms with van der Waals surface area (Å²) in [4.78, 5) is 2.47. The zero-order valence-corrected chi connectivity index (χ0v) is 11.9. The second-order valence-corrected chi connectivity index (χ2v) is 5.71. The summed E-state index contributed by atoms with van der Waals surface area (Å²) in [6.07, 6.45) is 4.47. The lowest BCUT2D eigenvalue weighted by molar-refractivity contribution is 0.179. The van der Waals surface area contributed by atoms with Gasteiger partial charge in [-0.3, -0.25) is 4.90 Å². The van der Waals surface area contributed by atoms with E-state index in [9.17, 15) is 5.26 Å². The van der Waals surface area contributed by atoms with E-state index in [1.54, 1.807) is 7.11 Å². The van der Waals surface area contributed by atoms with Gasteiger partial charge in [-0.2, -0.15) is 5.26 Å². The summed E-state index contributed by atoms with van der Waals surface area (Å²) in [6.45, 7) is 2.14. The molecule has 2 fully saturated rings. The first kappa shape index (κ1) is 13.3. The minimum absolute atomic E-state index is 0.325. The maximum absolute atomic E-state index is 9.80. The largest absolute Gasteiger partial charge is 0.495 e. The van der Waals surface area contributed by atoms with E-state index in [2.05, 4.69) is 16.3 Å². The predicted octanol–water partition coefficient (Wildman–Crippen LogP) is 2.63. The number of nitrogens with zero attached hydrogens (tertiary/aromatic N) is 2. The van der Waals surface area contributed by atoms with Gasteiger partial charge in [0.25, 0.3) is 0 Å². The number of methoxy groups -OCH3 is 1. The van der Waals surface area contributed by atoms with E-state index < -0.39 is 5.54 Å². The number of fused-ring (bicyclic) bond motifs is 1. The van der Waals surface area contributed by atoms with Gasteiger partial charge < -0.3 is 10.1 Å². The normalized spacial score (nSPS) is 29.5. The lowest BCUT2D eigenvalue weighted by atomic mass is 9.86. The molecule has 0 aromatic heterocycles. The Hall–Kier alpha value is -1.73. The number of ether oxygens (including phenoxy) is 1. The third kappa shape index (κ3) is 2.12. The van der Waals surface area contributed by atoms with Crippen LogP contribution in [-0.2, 0) is 0 Å². The molecular weight excluding hydrogens is 250 g/mol. The molecule has 0 aliphatic carbocycles. The van der Waals surface area contributed by atoms with Crippen molar-refractivity contribution in [2.45, 2.75) is 37.3 Å². The molecule has 3 rings (SSSR count). The molecule has 2 heterocycles. The van der Waals surface area contributed by atoms with Gasteiger partial charge in [-0.25, -0.2) is 0 Å².